The van der Waals surface area contributed by atoms with Crippen LogP contribution in [0.1, 0.15) is 17.7 Å². The summed E-state index contributed by atoms with van der Waals surface area (Å²) in [6, 6.07) is 0.741. The fourth-order valence-corrected chi connectivity index (χ4v) is 2.07. The van der Waals surface area contributed by atoms with E-state index in [0.29, 0.717) is 0 Å². The van der Waals surface area contributed by atoms with Crippen molar-refractivity contribution in [3.05, 3.63) is 22.5 Å². The second-order valence-corrected chi connectivity index (χ2v) is 4.69. The third kappa shape index (κ3) is 2.61. The number of alkyl halides is 2. The van der Waals surface area contributed by atoms with Gasteiger partial charge in [0.2, 0.25) is 10.0 Å². The van der Waals surface area contributed by atoms with Crippen molar-refractivity contribution in [3.63, 3.8) is 0 Å². The van der Waals surface area contributed by atoms with Gasteiger partial charge >= 0.3 is 0 Å². The molecule has 15 heavy (non-hydrogen) atoms. The van der Waals surface area contributed by atoms with Crippen LogP contribution in [0.4, 0.5) is 8.78 Å². The Morgan fingerprint density at radius 2 is 2.07 bits per heavy atom. The smallest absolute Gasteiger partial charge is 0.239 e. The number of rotatable bonds is 2. The molecule has 0 aliphatic carbocycles. The number of sulfonamides is 1. The second-order valence-electron chi connectivity index (χ2n) is 2.80. The number of halogens is 3. The Morgan fingerprint density at radius 3 is 2.47 bits per heavy atom. The van der Waals surface area contributed by atoms with Crippen molar-refractivity contribution >= 4 is 21.6 Å². The van der Waals surface area contributed by atoms with E-state index in [0.717, 1.165) is 6.07 Å². The lowest BCUT2D eigenvalue weighted by Gasteiger charge is -2.07. The number of hydrogen-bond donors (Lipinski definition) is 1. The van der Waals surface area contributed by atoms with Gasteiger partial charge in [0.15, 0.2) is 0 Å². The van der Waals surface area contributed by atoms with E-state index >= 15 is 0 Å². The molecule has 0 atom stereocenters. The van der Waals surface area contributed by atoms with Crippen LogP contribution in [-0.4, -0.2) is 13.4 Å². The minimum atomic E-state index is -4.13. The van der Waals surface area contributed by atoms with Crippen LogP contribution < -0.4 is 5.14 Å². The number of aryl methyl sites for hydroxylation is 1. The van der Waals surface area contributed by atoms with Crippen LogP contribution in [0.5, 0.6) is 0 Å². The molecule has 0 amide bonds. The first-order valence-corrected chi connectivity index (χ1v) is 5.64. The molecular weight excluding hydrogens is 250 g/mol. The number of hydrogen-bond acceptors (Lipinski definition) is 3. The van der Waals surface area contributed by atoms with Crippen molar-refractivity contribution in [2.45, 2.75) is 18.2 Å². The minimum absolute atomic E-state index is 0.0256. The molecule has 0 aromatic carbocycles. The van der Waals surface area contributed by atoms with Gasteiger partial charge in [-0.25, -0.2) is 27.3 Å². The molecule has 2 N–H and O–H groups in total. The summed E-state index contributed by atoms with van der Waals surface area (Å²) >= 11 is 5.48. The van der Waals surface area contributed by atoms with Gasteiger partial charge in [-0.15, -0.1) is 0 Å². The van der Waals surface area contributed by atoms with Gasteiger partial charge in [0.1, 0.15) is 10.0 Å². The highest BCUT2D eigenvalue weighted by Crippen LogP contribution is 2.27. The average molecular weight is 257 g/mol. The molecule has 4 nitrogen and oxygen atoms in total. The second kappa shape index (κ2) is 3.99. The molecule has 0 radical (unpaired) electrons. The maximum atomic E-state index is 12.4. The molecule has 0 fully saturated rings. The van der Waals surface area contributed by atoms with Gasteiger partial charge in [-0.1, -0.05) is 11.6 Å². The zero-order chi connectivity index (χ0) is 11.8. The summed E-state index contributed by atoms with van der Waals surface area (Å²) in [7, 11) is -4.13. The van der Waals surface area contributed by atoms with Crippen molar-refractivity contribution < 1.29 is 17.2 Å². The lowest BCUT2D eigenvalue weighted by molar-refractivity contribution is 0.150. The van der Waals surface area contributed by atoms with Crippen molar-refractivity contribution in [2.75, 3.05) is 0 Å². The van der Waals surface area contributed by atoms with Crippen LogP contribution in [0.3, 0.4) is 0 Å². The highest BCUT2D eigenvalue weighted by Gasteiger charge is 2.20. The van der Waals surface area contributed by atoms with E-state index in [-0.39, 0.29) is 5.69 Å². The van der Waals surface area contributed by atoms with Gasteiger partial charge < -0.3 is 0 Å². The number of nitrogens with zero attached hydrogens (tertiary/aromatic N) is 1. The first-order chi connectivity index (χ1) is 6.73. The van der Waals surface area contributed by atoms with Crippen molar-refractivity contribution in [3.8, 4) is 0 Å². The molecule has 0 spiro atoms. The van der Waals surface area contributed by atoms with E-state index in [4.69, 9.17) is 16.7 Å². The van der Waals surface area contributed by atoms with Gasteiger partial charge in [-0.2, -0.15) is 0 Å². The van der Waals surface area contributed by atoms with E-state index in [9.17, 15) is 17.2 Å². The molecule has 0 saturated heterocycles. The first-order valence-electron chi connectivity index (χ1n) is 3.71. The van der Waals surface area contributed by atoms with Crippen LogP contribution in [0, 0.1) is 6.92 Å². The summed E-state index contributed by atoms with van der Waals surface area (Å²) in [6.45, 7) is 1.31. The lowest BCUT2D eigenvalue weighted by atomic mass is 10.2. The van der Waals surface area contributed by atoms with E-state index in [2.05, 4.69) is 4.98 Å². The van der Waals surface area contributed by atoms with Crippen molar-refractivity contribution in [2.24, 2.45) is 5.14 Å². The van der Waals surface area contributed by atoms with E-state index < -0.39 is 32.1 Å². The van der Waals surface area contributed by atoms with Crippen LogP contribution >= 0.6 is 11.6 Å². The maximum absolute atomic E-state index is 12.4. The third-order valence-electron chi connectivity index (χ3n) is 1.72. The van der Waals surface area contributed by atoms with E-state index in [1.807, 2.05) is 0 Å². The molecule has 1 aromatic rings. The highest BCUT2D eigenvalue weighted by molar-refractivity contribution is 7.89. The van der Waals surface area contributed by atoms with E-state index in [1.165, 1.54) is 6.92 Å². The molecule has 84 valence electrons. The molecule has 0 unspecified atom stereocenters. The quantitative estimate of drug-likeness (QED) is 0.818. The monoisotopic (exact) mass is 256 g/mol. The summed E-state index contributed by atoms with van der Waals surface area (Å²) in [5.74, 6) is 0. The Bertz CT molecular complexity index is 490. The van der Waals surface area contributed by atoms with Gasteiger partial charge in [0.25, 0.3) is 6.43 Å². The first kappa shape index (κ1) is 12.3. The van der Waals surface area contributed by atoms with Gasteiger partial charge in [0.05, 0.1) is 0 Å². The Morgan fingerprint density at radius 1 is 1.53 bits per heavy atom. The zero-order valence-corrected chi connectivity index (χ0v) is 9.11. The van der Waals surface area contributed by atoms with Gasteiger partial charge in [0, 0.05) is 11.3 Å². The standard InChI is InChI=1S/C7H7ClF2N2O2S/c1-3-4(7(9)10)2-5(6(8)12-3)15(11,13)14/h2,7H,1H3,(H2,11,13,14). The van der Waals surface area contributed by atoms with Crippen LogP contribution in [-0.2, 0) is 10.0 Å². The third-order valence-corrected chi connectivity index (χ3v) is 3.04. The Labute approximate surface area is 90.1 Å². The molecule has 0 aliphatic heterocycles. The topological polar surface area (TPSA) is 73.0 Å². The van der Waals surface area contributed by atoms with Crippen LogP contribution in [0.15, 0.2) is 11.0 Å². The van der Waals surface area contributed by atoms with Crippen molar-refractivity contribution in [1.82, 2.24) is 4.98 Å². The number of pyridine rings is 1. The molecular formula is C7H7ClF2N2O2S. The summed E-state index contributed by atoms with van der Waals surface area (Å²) < 4.78 is 46.7. The predicted molar refractivity (Wildman–Crippen MR) is 50.3 cm³/mol. The predicted octanol–water partition coefficient (Wildman–Crippen LogP) is 1.63. The number of nitrogens with two attached hydrogens (primary N) is 1. The Kier molecular flexibility index (Phi) is 3.27. The molecule has 1 aromatic heterocycles. The molecule has 8 heteroatoms. The lowest BCUT2D eigenvalue weighted by Crippen LogP contribution is -2.14. The summed E-state index contributed by atoms with van der Waals surface area (Å²) in [5.41, 5.74) is -0.522. The molecule has 0 saturated carbocycles. The summed E-state index contributed by atoms with van der Waals surface area (Å²) in [4.78, 5) is 2.89. The molecule has 1 heterocycles. The summed E-state index contributed by atoms with van der Waals surface area (Å²) in [5, 5.41) is 4.38. The minimum Gasteiger partial charge on any atom is -0.239 e. The fraction of sp³-hybridized carbons (Fsp3) is 0.286. The van der Waals surface area contributed by atoms with Crippen molar-refractivity contribution in [1.29, 1.82) is 0 Å². The highest BCUT2D eigenvalue weighted by atomic mass is 35.5. The van der Waals surface area contributed by atoms with Crippen LogP contribution in [0.25, 0.3) is 0 Å². The van der Waals surface area contributed by atoms with E-state index in [1.54, 1.807) is 0 Å². The fourth-order valence-electron chi connectivity index (χ4n) is 0.993. The van der Waals surface area contributed by atoms with Gasteiger partial charge in [-0.05, 0) is 13.0 Å². The molecule has 1 rings (SSSR count). The number of aromatic nitrogens is 1. The Hall–Kier alpha value is -0.790. The van der Waals surface area contributed by atoms with Crippen LogP contribution in [0.2, 0.25) is 5.15 Å². The van der Waals surface area contributed by atoms with Gasteiger partial charge in [-0.3, -0.25) is 0 Å². The summed E-state index contributed by atoms with van der Waals surface area (Å²) in [6.07, 6.45) is -2.82. The average Bonchev–Trinajstić information content (AvgIpc) is 2.00. The molecule has 0 aliphatic rings. The zero-order valence-electron chi connectivity index (χ0n) is 7.54. The SMILES string of the molecule is Cc1nc(Cl)c(S(N)(=O)=O)cc1C(F)F. The molecule has 0 bridgehead atoms. The number of primary sulfonamides is 1. The maximum Gasteiger partial charge on any atom is 0.265 e. The Balaban J connectivity index is 3.50. The normalized spacial score (nSPS) is 12.1. The largest absolute Gasteiger partial charge is 0.265 e.